The van der Waals surface area contributed by atoms with Gasteiger partial charge in [-0.05, 0) is 31.0 Å². The lowest BCUT2D eigenvalue weighted by atomic mass is 10.1. The number of nitrogens with one attached hydrogen (secondary N) is 1. The fraction of sp³-hybridized carbons (Fsp3) is 0.429. The number of benzene rings is 1. The third-order valence-corrected chi connectivity index (χ3v) is 4.41. The van der Waals surface area contributed by atoms with Gasteiger partial charge in [-0.1, -0.05) is 44.4 Å². The molecular weight excluding hydrogens is 378 g/mol. The van der Waals surface area contributed by atoms with Crippen LogP contribution in [0.25, 0.3) is 5.53 Å². The van der Waals surface area contributed by atoms with E-state index in [0.29, 0.717) is 46.7 Å². The molecule has 1 aliphatic carbocycles. The van der Waals surface area contributed by atoms with E-state index in [1.807, 2.05) is 0 Å². The fourth-order valence-corrected chi connectivity index (χ4v) is 2.75. The van der Waals surface area contributed by atoms with E-state index in [9.17, 15) is 10.3 Å². The van der Waals surface area contributed by atoms with Crippen molar-refractivity contribution in [3.8, 4) is 0 Å². The van der Waals surface area contributed by atoms with E-state index in [2.05, 4.69) is 24.0 Å². The highest BCUT2D eigenvalue weighted by Crippen LogP contribution is 2.23. The topological polar surface area (TPSA) is 84.0 Å². The first kappa shape index (κ1) is 21.7. The normalized spacial score (nSPS) is 13.7. The number of allylic oxidation sites excluding steroid dienone is 3. The monoisotopic (exact) mass is 403 g/mol. The lowest BCUT2D eigenvalue weighted by molar-refractivity contribution is -0.0139. The molecule has 2 rings (SSSR count). The molecule has 0 radical (unpaired) electrons. The summed E-state index contributed by atoms with van der Waals surface area (Å²) in [7, 11) is 0. The van der Waals surface area contributed by atoms with Gasteiger partial charge in [0.05, 0.1) is 18.9 Å². The summed E-state index contributed by atoms with van der Waals surface area (Å²) in [6, 6.07) is 6.71. The molecule has 1 aliphatic rings. The Balaban J connectivity index is 2.28. The van der Waals surface area contributed by atoms with Crippen LogP contribution in [-0.2, 0) is 9.47 Å². The van der Waals surface area contributed by atoms with Crippen molar-refractivity contribution in [1.29, 1.82) is 0 Å². The van der Waals surface area contributed by atoms with Crippen LogP contribution in [0.3, 0.4) is 0 Å². The van der Waals surface area contributed by atoms with E-state index >= 15 is 0 Å². The standard InChI is InChI=1S/C21H26ClN3O3/c1-3-5-10-27-19-14-18(25-23)20(28-11-6-4-2)13-17(19)24-21(26)15-8-7-9-16(22)12-15/h7-9,12-13H,3-6,10-11,14H2,1-2H3,(H,24,26). The van der Waals surface area contributed by atoms with Gasteiger partial charge in [-0.25, -0.2) is 0 Å². The molecule has 0 saturated carbocycles. The molecule has 0 aliphatic heterocycles. The average Bonchev–Trinajstić information content (AvgIpc) is 2.69. The molecule has 0 saturated heterocycles. The van der Waals surface area contributed by atoms with Gasteiger partial charge in [0.15, 0.2) is 0 Å². The van der Waals surface area contributed by atoms with Gasteiger partial charge >= 0.3 is 5.71 Å². The van der Waals surface area contributed by atoms with Crippen molar-refractivity contribution in [2.45, 2.75) is 46.0 Å². The van der Waals surface area contributed by atoms with Gasteiger partial charge in [0.2, 0.25) is 5.76 Å². The molecular formula is C21H26ClN3O3. The van der Waals surface area contributed by atoms with Crippen molar-refractivity contribution in [2.75, 3.05) is 13.2 Å². The maximum atomic E-state index is 12.6. The Morgan fingerprint density at radius 2 is 1.93 bits per heavy atom. The molecule has 6 nitrogen and oxygen atoms in total. The zero-order valence-corrected chi connectivity index (χ0v) is 17.1. The molecule has 0 fully saturated rings. The average molecular weight is 404 g/mol. The highest BCUT2D eigenvalue weighted by atomic mass is 35.5. The number of rotatable bonds is 10. The van der Waals surface area contributed by atoms with Crippen LogP contribution in [0.2, 0.25) is 5.02 Å². The molecule has 0 aromatic heterocycles. The second-order valence-electron chi connectivity index (χ2n) is 6.44. The minimum absolute atomic E-state index is 0.239. The molecule has 0 atom stereocenters. The predicted molar refractivity (Wildman–Crippen MR) is 109 cm³/mol. The first-order valence-corrected chi connectivity index (χ1v) is 9.95. The molecule has 0 bridgehead atoms. The molecule has 1 N–H and O–H groups in total. The third kappa shape index (κ3) is 6.25. The highest BCUT2D eigenvalue weighted by Gasteiger charge is 2.29. The summed E-state index contributed by atoms with van der Waals surface area (Å²) in [4.78, 5) is 16.0. The summed E-state index contributed by atoms with van der Waals surface area (Å²) >= 11 is 5.98. The number of carbonyl (C=O) groups excluding carboxylic acids is 1. The van der Waals surface area contributed by atoms with Gasteiger partial charge in [-0.2, -0.15) is 4.79 Å². The second-order valence-corrected chi connectivity index (χ2v) is 6.87. The van der Waals surface area contributed by atoms with Gasteiger partial charge in [0.1, 0.15) is 12.2 Å². The van der Waals surface area contributed by atoms with Crippen LogP contribution in [0, 0.1) is 0 Å². The van der Waals surface area contributed by atoms with E-state index in [-0.39, 0.29) is 12.3 Å². The SMILES string of the molecule is CCCCOC1=CC(NC(=O)c2cccc(Cl)c2)=C(OCCCC)CC1=[N+]=[N-]. The minimum Gasteiger partial charge on any atom is -0.495 e. The van der Waals surface area contributed by atoms with Crippen molar-refractivity contribution in [2.24, 2.45) is 0 Å². The maximum Gasteiger partial charge on any atom is 0.341 e. The van der Waals surface area contributed by atoms with Crippen molar-refractivity contribution >= 4 is 23.2 Å². The van der Waals surface area contributed by atoms with Crippen molar-refractivity contribution in [3.63, 3.8) is 0 Å². The summed E-state index contributed by atoms with van der Waals surface area (Å²) in [5, 5.41) is 3.35. The maximum absolute atomic E-state index is 12.6. The fourth-order valence-electron chi connectivity index (χ4n) is 2.56. The predicted octanol–water partition coefficient (Wildman–Crippen LogP) is 4.87. The van der Waals surface area contributed by atoms with Crippen molar-refractivity contribution < 1.29 is 19.1 Å². The minimum atomic E-state index is -0.303. The zero-order valence-electron chi connectivity index (χ0n) is 16.3. The molecule has 28 heavy (non-hydrogen) atoms. The highest BCUT2D eigenvalue weighted by molar-refractivity contribution is 6.31. The Bertz CT molecular complexity index is 811. The zero-order chi connectivity index (χ0) is 20.4. The summed E-state index contributed by atoms with van der Waals surface area (Å²) in [5.41, 5.74) is 10.7. The molecule has 0 unspecified atom stereocenters. The van der Waals surface area contributed by atoms with Crippen LogP contribution in [0.4, 0.5) is 0 Å². The summed E-state index contributed by atoms with van der Waals surface area (Å²) < 4.78 is 11.6. The van der Waals surface area contributed by atoms with Crippen LogP contribution < -0.4 is 5.32 Å². The lowest BCUT2D eigenvalue weighted by Gasteiger charge is -2.19. The van der Waals surface area contributed by atoms with E-state index < -0.39 is 0 Å². The smallest absolute Gasteiger partial charge is 0.341 e. The summed E-state index contributed by atoms with van der Waals surface area (Å²) in [6.45, 7) is 5.15. The summed E-state index contributed by atoms with van der Waals surface area (Å²) in [5.74, 6) is 0.669. The van der Waals surface area contributed by atoms with Gasteiger partial charge in [0, 0.05) is 16.7 Å². The molecule has 0 spiro atoms. The van der Waals surface area contributed by atoms with Gasteiger partial charge in [-0.3, -0.25) is 4.79 Å². The quantitative estimate of drug-likeness (QED) is 0.343. The van der Waals surface area contributed by atoms with Crippen LogP contribution in [0.1, 0.15) is 56.3 Å². The number of amides is 1. The molecule has 1 aromatic rings. The van der Waals surface area contributed by atoms with Crippen LogP contribution in [-0.4, -0.2) is 29.6 Å². The number of carbonyl (C=O) groups is 1. The Morgan fingerprint density at radius 3 is 2.57 bits per heavy atom. The molecule has 150 valence electrons. The van der Waals surface area contributed by atoms with E-state index in [4.69, 9.17) is 21.1 Å². The van der Waals surface area contributed by atoms with Crippen LogP contribution >= 0.6 is 11.6 Å². The van der Waals surface area contributed by atoms with E-state index in [1.165, 1.54) is 0 Å². The lowest BCUT2D eigenvalue weighted by Crippen LogP contribution is -2.28. The molecule has 7 heteroatoms. The van der Waals surface area contributed by atoms with Crippen LogP contribution in [0.5, 0.6) is 0 Å². The number of halogens is 1. The third-order valence-electron chi connectivity index (χ3n) is 4.17. The van der Waals surface area contributed by atoms with Crippen LogP contribution in [0.15, 0.2) is 47.6 Å². The molecule has 1 amide bonds. The molecule has 1 aromatic carbocycles. The number of unbranched alkanes of at least 4 members (excludes halogenated alkanes) is 2. The number of hydrogen-bond acceptors (Lipinski definition) is 3. The first-order valence-electron chi connectivity index (χ1n) is 9.57. The number of hydrogen-bond donors (Lipinski definition) is 1. The van der Waals surface area contributed by atoms with Crippen molar-refractivity contribution in [3.05, 3.63) is 63.7 Å². The second kappa shape index (κ2) is 11.3. The van der Waals surface area contributed by atoms with Gasteiger partial charge in [0.25, 0.3) is 5.91 Å². The summed E-state index contributed by atoms with van der Waals surface area (Å²) in [6.07, 6.45) is 5.62. The Kier molecular flexibility index (Phi) is 8.79. The van der Waals surface area contributed by atoms with Gasteiger partial charge in [-0.15, -0.1) is 0 Å². The Morgan fingerprint density at radius 1 is 1.21 bits per heavy atom. The first-order chi connectivity index (χ1) is 13.6. The van der Waals surface area contributed by atoms with Crippen molar-refractivity contribution in [1.82, 2.24) is 5.32 Å². The number of nitrogens with zero attached hydrogens (tertiary/aromatic N) is 2. The number of ether oxygens (including phenoxy) is 2. The Labute approximate surface area is 170 Å². The van der Waals surface area contributed by atoms with Gasteiger partial charge < -0.3 is 20.3 Å². The largest absolute Gasteiger partial charge is 0.495 e. The van der Waals surface area contributed by atoms with E-state index in [1.54, 1.807) is 30.3 Å². The molecule has 0 heterocycles. The Hall–Kier alpha value is -2.56. The van der Waals surface area contributed by atoms with E-state index in [0.717, 1.165) is 25.7 Å².